The summed E-state index contributed by atoms with van der Waals surface area (Å²) >= 11 is 3.33. The van der Waals surface area contributed by atoms with Gasteiger partial charge in [0.2, 0.25) is 5.88 Å². The van der Waals surface area contributed by atoms with Crippen LogP contribution in [-0.4, -0.2) is 16.6 Å². The number of anilines is 1. The normalized spacial score (nSPS) is 10.4. The van der Waals surface area contributed by atoms with Gasteiger partial charge in [0.15, 0.2) is 0 Å². The molecule has 4 nitrogen and oxygen atoms in total. The monoisotopic (exact) mass is 339 g/mol. The number of hydrogen-bond donors (Lipinski definition) is 1. The van der Waals surface area contributed by atoms with Crippen molar-refractivity contribution in [2.24, 2.45) is 0 Å². The predicted molar refractivity (Wildman–Crippen MR) is 79.4 cm³/mol. The van der Waals surface area contributed by atoms with Crippen LogP contribution >= 0.6 is 15.9 Å². The second kappa shape index (κ2) is 6.65. The third-order valence-corrected chi connectivity index (χ3v) is 3.07. The highest BCUT2D eigenvalue weighted by molar-refractivity contribution is 9.10. The molecule has 0 saturated heterocycles. The average Bonchev–Trinajstić information content (AvgIpc) is 2.40. The molecular weight excluding hydrogens is 325 g/mol. The third-order valence-electron chi connectivity index (χ3n) is 2.57. The standard InChI is InChI=1S/C14H15BrFN3O/c1-3-20-14-7-13(18-9(2)19-14)17-8-10-6-11(15)4-5-12(10)16/h4-7H,3,8H2,1-2H3,(H,17,18,19). The molecule has 0 aliphatic heterocycles. The largest absolute Gasteiger partial charge is 0.478 e. The van der Waals surface area contributed by atoms with Crippen molar-refractivity contribution in [3.8, 4) is 5.88 Å². The number of aromatic nitrogens is 2. The summed E-state index contributed by atoms with van der Waals surface area (Å²) in [5, 5.41) is 3.08. The smallest absolute Gasteiger partial charge is 0.218 e. The summed E-state index contributed by atoms with van der Waals surface area (Å²) < 4.78 is 19.8. The second-order valence-electron chi connectivity index (χ2n) is 4.16. The minimum Gasteiger partial charge on any atom is -0.478 e. The lowest BCUT2D eigenvalue weighted by Gasteiger charge is -2.09. The Balaban J connectivity index is 2.12. The lowest BCUT2D eigenvalue weighted by molar-refractivity contribution is 0.325. The van der Waals surface area contributed by atoms with Crippen LogP contribution in [-0.2, 0) is 6.54 Å². The van der Waals surface area contributed by atoms with Crippen molar-refractivity contribution in [1.82, 2.24) is 9.97 Å². The molecule has 0 amide bonds. The first-order chi connectivity index (χ1) is 9.58. The van der Waals surface area contributed by atoms with Crippen molar-refractivity contribution in [3.05, 3.63) is 45.9 Å². The molecule has 1 aromatic carbocycles. The van der Waals surface area contributed by atoms with Gasteiger partial charge in [-0.25, -0.2) is 9.37 Å². The highest BCUT2D eigenvalue weighted by Gasteiger charge is 2.05. The molecule has 0 aliphatic rings. The summed E-state index contributed by atoms with van der Waals surface area (Å²) in [6.07, 6.45) is 0. The molecule has 0 atom stereocenters. The Morgan fingerprint density at radius 3 is 2.85 bits per heavy atom. The summed E-state index contributed by atoms with van der Waals surface area (Å²) in [6, 6.07) is 6.53. The maximum absolute atomic E-state index is 13.6. The van der Waals surface area contributed by atoms with Crippen LogP contribution in [0.15, 0.2) is 28.7 Å². The molecule has 6 heteroatoms. The van der Waals surface area contributed by atoms with E-state index in [0.29, 0.717) is 36.2 Å². The van der Waals surface area contributed by atoms with Gasteiger partial charge in [-0.05, 0) is 32.0 Å². The molecule has 0 saturated carbocycles. The lowest BCUT2D eigenvalue weighted by atomic mass is 10.2. The van der Waals surface area contributed by atoms with Crippen molar-refractivity contribution in [2.45, 2.75) is 20.4 Å². The van der Waals surface area contributed by atoms with Crippen molar-refractivity contribution >= 4 is 21.7 Å². The number of rotatable bonds is 5. The van der Waals surface area contributed by atoms with Gasteiger partial charge in [-0.3, -0.25) is 0 Å². The van der Waals surface area contributed by atoms with Crippen molar-refractivity contribution in [1.29, 1.82) is 0 Å². The van der Waals surface area contributed by atoms with Gasteiger partial charge in [-0.2, -0.15) is 4.98 Å². The molecule has 0 bridgehead atoms. The number of nitrogens with zero attached hydrogens (tertiary/aromatic N) is 2. The fourth-order valence-electron chi connectivity index (χ4n) is 1.72. The quantitative estimate of drug-likeness (QED) is 0.902. The Labute approximate surface area is 125 Å². The summed E-state index contributed by atoms with van der Waals surface area (Å²) in [5.74, 6) is 1.47. The number of ether oxygens (including phenoxy) is 1. The molecule has 1 N–H and O–H groups in total. The van der Waals surface area contributed by atoms with E-state index in [1.807, 2.05) is 6.92 Å². The Morgan fingerprint density at radius 2 is 2.10 bits per heavy atom. The van der Waals surface area contributed by atoms with Gasteiger partial charge in [0.25, 0.3) is 0 Å². The maximum atomic E-state index is 13.6. The van der Waals surface area contributed by atoms with E-state index in [4.69, 9.17) is 4.74 Å². The Bertz CT molecular complexity index is 607. The number of hydrogen-bond acceptors (Lipinski definition) is 4. The molecule has 20 heavy (non-hydrogen) atoms. The summed E-state index contributed by atoms with van der Waals surface area (Å²) in [5.41, 5.74) is 0.564. The van der Waals surface area contributed by atoms with Gasteiger partial charge in [0.05, 0.1) is 6.61 Å². The Morgan fingerprint density at radius 1 is 1.30 bits per heavy atom. The highest BCUT2D eigenvalue weighted by Crippen LogP contribution is 2.18. The fraction of sp³-hybridized carbons (Fsp3) is 0.286. The van der Waals surface area contributed by atoms with Crippen LogP contribution in [0.1, 0.15) is 18.3 Å². The maximum Gasteiger partial charge on any atom is 0.218 e. The van der Waals surface area contributed by atoms with Crippen LogP contribution in [0.3, 0.4) is 0 Å². The molecule has 0 aliphatic carbocycles. The van der Waals surface area contributed by atoms with Gasteiger partial charge in [0, 0.05) is 22.6 Å². The number of nitrogens with one attached hydrogen (secondary N) is 1. The fourth-order valence-corrected chi connectivity index (χ4v) is 2.13. The van der Waals surface area contributed by atoms with E-state index in [9.17, 15) is 4.39 Å². The first-order valence-electron chi connectivity index (χ1n) is 6.24. The topological polar surface area (TPSA) is 47.0 Å². The van der Waals surface area contributed by atoms with E-state index in [1.165, 1.54) is 6.07 Å². The minimum absolute atomic E-state index is 0.253. The van der Waals surface area contributed by atoms with E-state index in [2.05, 4.69) is 31.2 Å². The second-order valence-corrected chi connectivity index (χ2v) is 5.08. The van der Waals surface area contributed by atoms with Gasteiger partial charge >= 0.3 is 0 Å². The predicted octanol–water partition coefficient (Wildman–Crippen LogP) is 3.70. The molecule has 0 radical (unpaired) electrons. The summed E-state index contributed by atoms with van der Waals surface area (Å²) in [4.78, 5) is 8.40. The molecule has 2 aromatic rings. The molecular formula is C14H15BrFN3O. The highest BCUT2D eigenvalue weighted by atomic mass is 79.9. The molecule has 1 heterocycles. The number of benzene rings is 1. The average molecular weight is 340 g/mol. The van der Waals surface area contributed by atoms with Crippen molar-refractivity contribution in [2.75, 3.05) is 11.9 Å². The van der Waals surface area contributed by atoms with Crippen LogP contribution in [0, 0.1) is 12.7 Å². The molecule has 106 valence electrons. The Kier molecular flexibility index (Phi) is 4.89. The van der Waals surface area contributed by atoms with E-state index in [-0.39, 0.29) is 5.82 Å². The van der Waals surface area contributed by atoms with Crippen LogP contribution in [0.5, 0.6) is 5.88 Å². The molecule has 0 spiro atoms. The van der Waals surface area contributed by atoms with Gasteiger partial charge < -0.3 is 10.1 Å². The first-order valence-corrected chi connectivity index (χ1v) is 7.04. The van der Waals surface area contributed by atoms with Crippen LogP contribution in [0.2, 0.25) is 0 Å². The van der Waals surface area contributed by atoms with Gasteiger partial charge in [-0.1, -0.05) is 15.9 Å². The summed E-state index contributed by atoms with van der Waals surface area (Å²) in [6.45, 7) is 4.55. The third kappa shape index (κ3) is 3.90. The zero-order valence-corrected chi connectivity index (χ0v) is 12.9. The van der Waals surface area contributed by atoms with E-state index in [1.54, 1.807) is 25.1 Å². The number of aryl methyl sites for hydroxylation is 1. The Hall–Kier alpha value is -1.69. The van der Waals surface area contributed by atoms with E-state index >= 15 is 0 Å². The van der Waals surface area contributed by atoms with Crippen LogP contribution < -0.4 is 10.1 Å². The van der Waals surface area contributed by atoms with Crippen molar-refractivity contribution < 1.29 is 9.13 Å². The SMILES string of the molecule is CCOc1cc(NCc2cc(Br)ccc2F)nc(C)n1. The molecule has 0 unspecified atom stereocenters. The first kappa shape index (κ1) is 14.7. The van der Waals surface area contributed by atoms with Crippen LogP contribution in [0.4, 0.5) is 10.2 Å². The molecule has 1 aromatic heterocycles. The van der Waals surface area contributed by atoms with Crippen LogP contribution in [0.25, 0.3) is 0 Å². The minimum atomic E-state index is -0.253. The summed E-state index contributed by atoms with van der Waals surface area (Å²) in [7, 11) is 0. The lowest BCUT2D eigenvalue weighted by Crippen LogP contribution is -2.06. The zero-order chi connectivity index (χ0) is 14.5. The number of halogens is 2. The van der Waals surface area contributed by atoms with E-state index < -0.39 is 0 Å². The van der Waals surface area contributed by atoms with Gasteiger partial charge in [0.1, 0.15) is 17.5 Å². The molecule has 2 rings (SSSR count). The van der Waals surface area contributed by atoms with Gasteiger partial charge in [-0.15, -0.1) is 0 Å². The van der Waals surface area contributed by atoms with E-state index in [0.717, 1.165) is 4.47 Å². The zero-order valence-electron chi connectivity index (χ0n) is 11.3. The van der Waals surface area contributed by atoms with Crippen molar-refractivity contribution in [3.63, 3.8) is 0 Å². The molecule has 0 fully saturated rings.